The van der Waals surface area contributed by atoms with Gasteiger partial charge in [0, 0.05) is 35.1 Å². The standard InChI is InChI=1S/C21H22N2O3S/c1-3-23(15-8-5-4-6-9-15)27(25,26)20-13-18-16(12-14(20)2)21-17(22-18)10-7-11-19(21)24/h4-6,8-9,12-13,22H,3,7,10-11H2,1-2H3. The molecule has 0 radical (unpaired) electrons. The first-order chi connectivity index (χ1) is 12.9. The lowest BCUT2D eigenvalue weighted by molar-refractivity contribution is 0.0974. The van der Waals surface area contributed by atoms with Crippen LogP contribution >= 0.6 is 0 Å². The first-order valence-electron chi connectivity index (χ1n) is 9.19. The van der Waals surface area contributed by atoms with Crippen molar-refractivity contribution in [1.82, 2.24) is 4.98 Å². The van der Waals surface area contributed by atoms with Gasteiger partial charge in [0.05, 0.1) is 10.6 Å². The number of H-pyrrole nitrogens is 1. The van der Waals surface area contributed by atoms with Crippen molar-refractivity contribution in [2.24, 2.45) is 0 Å². The van der Waals surface area contributed by atoms with Gasteiger partial charge in [-0.2, -0.15) is 0 Å². The van der Waals surface area contributed by atoms with E-state index in [1.807, 2.05) is 31.2 Å². The lowest BCUT2D eigenvalue weighted by atomic mass is 9.94. The van der Waals surface area contributed by atoms with E-state index in [1.165, 1.54) is 4.31 Å². The number of hydrogen-bond acceptors (Lipinski definition) is 3. The zero-order chi connectivity index (χ0) is 19.2. The quantitative estimate of drug-likeness (QED) is 0.735. The Morgan fingerprint density at radius 2 is 1.85 bits per heavy atom. The largest absolute Gasteiger partial charge is 0.358 e. The van der Waals surface area contributed by atoms with Crippen LogP contribution in [-0.4, -0.2) is 25.7 Å². The molecule has 5 nitrogen and oxygen atoms in total. The van der Waals surface area contributed by atoms with Crippen molar-refractivity contribution in [1.29, 1.82) is 0 Å². The summed E-state index contributed by atoms with van der Waals surface area (Å²) in [5, 5.41) is 0.828. The van der Waals surface area contributed by atoms with Gasteiger partial charge >= 0.3 is 0 Å². The smallest absolute Gasteiger partial charge is 0.264 e. The number of carbonyl (C=O) groups is 1. The zero-order valence-corrected chi connectivity index (χ0v) is 16.3. The lowest BCUT2D eigenvalue weighted by Crippen LogP contribution is -2.31. The number of carbonyl (C=O) groups excluding carboxylic acids is 1. The Bertz CT molecular complexity index is 1130. The van der Waals surface area contributed by atoms with Gasteiger partial charge in [-0.25, -0.2) is 8.42 Å². The van der Waals surface area contributed by atoms with E-state index in [0.29, 0.717) is 29.7 Å². The molecule has 0 bridgehead atoms. The van der Waals surface area contributed by atoms with Gasteiger partial charge in [0.2, 0.25) is 0 Å². The van der Waals surface area contributed by atoms with Crippen molar-refractivity contribution in [2.75, 3.05) is 10.8 Å². The Balaban J connectivity index is 1.88. The second-order valence-electron chi connectivity index (χ2n) is 6.92. The monoisotopic (exact) mass is 382 g/mol. The molecule has 0 aliphatic heterocycles. The van der Waals surface area contributed by atoms with E-state index < -0.39 is 10.0 Å². The Morgan fingerprint density at radius 1 is 1.11 bits per heavy atom. The predicted octanol–water partition coefficient (Wildman–Crippen LogP) is 4.21. The Morgan fingerprint density at radius 3 is 2.56 bits per heavy atom. The first-order valence-corrected chi connectivity index (χ1v) is 10.6. The molecule has 1 N–H and O–H groups in total. The van der Waals surface area contributed by atoms with Crippen LogP contribution in [0.3, 0.4) is 0 Å². The topological polar surface area (TPSA) is 70.2 Å². The number of fused-ring (bicyclic) bond motifs is 3. The number of aromatic amines is 1. The fourth-order valence-corrected chi connectivity index (χ4v) is 5.63. The summed E-state index contributed by atoms with van der Waals surface area (Å²) in [7, 11) is -3.71. The van der Waals surface area contributed by atoms with E-state index in [2.05, 4.69) is 4.98 Å². The molecule has 1 heterocycles. The van der Waals surface area contributed by atoms with Gasteiger partial charge in [0.25, 0.3) is 10.0 Å². The molecule has 6 heteroatoms. The average Bonchev–Trinajstić information content (AvgIpc) is 3.01. The van der Waals surface area contributed by atoms with Gasteiger partial charge in [-0.15, -0.1) is 0 Å². The van der Waals surface area contributed by atoms with E-state index in [-0.39, 0.29) is 10.7 Å². The van der Waals surface area contributed by atoms with E-state index in [1.54, 1.807) is 25.1 Å². The van der Waals surface area contributed by atoms with Crippen LogP contribution in [0.5, 0.6) is 0 Å². The Labute approximate surface area is 159 Å². The van der Waals surface area contributed by atoms with Crippen LogP contribution in [0.1, 0.15) is 41.4 Å². The summed E-state index contributed by atoms with van der Waals surface area (Å²) < 4.78 is 28.2. The lowest BCUT2D eigenvalue weighted by Gasteiger charge is -2.24. The number of aromatic nitrogens is 1. The third-order valence-corrected chi connectivity index (χ3v) is 7.23. The fourth-order valence-electron chi connectivity index (χ4n) is 3.92. The van der Waals surface area contributed by atoms with Crippen LogP contribution in [0.4, 0.5) is 5.69 Å². The molecule has 0 amide bonds. The highest BCUT2D eigenvalue weighted by Gasteiger charge is 2.28. The minimum Gasteiger partial charge on any atom is -0.358 e. The van der Waals surface area contributed by atoms with Gasteiger partial charge in [0.1, 0.15) is 0 Å². The molecule has 0 saturated heterocycles. The van der Waals surface area contributed by atoms with Gasteiger partial charge in [-0.1, -0.05) is 18.2 Å². The maximum absolute atomic E-state index is 13.4. The first kappa shape index (κ1) is 17.8. The summed E-state index contributed by atoms with van der Waals surface area (Å²) in [6.07, 6.45) is 2.21. The summed E-state index contributed by atoms with van der Waals surface area (Å²) in [4.78, 5) is 15.9. The van der Waals surface area contributed by atoms with E-state index in [0.717, 1.165) is 29.5 Å². The summed E-state index contributed by atoms with van der Waals surface area (Å²) in [6.45, 7) is 3.95. The number of aryl methyl sites for hydroxylation is 2. The number of nitrogens with one attached hydrogen (secondary N) is 1. The number of anilines is 1. The highest BCUT2D eigenvalue weighted by Crippen LogP contribution is 2.34. The molecule has 0 atom stereocenters. The van der Waals surface area contributed by atoms with Crippen LogP contribution in [0.2, 0.25) is 0 Å². The molecule has 27 heavy (non-hydrogen) atoms. The Hall–Kier alpha value is -2.60. The van der Waals surface area contributed by atoms with Crippen LogP contribution in [0.15, 0.2) is 47.4 Å². The van der Waals surface area contributed by atoms with Crippen LogP contribution in [-0.2, 0) is 16.4 Å². The van der Waals surface area contributed by atoms with Crippen LogP contribution in [0.25, 0.3) is 10.9 Å². The third-order valence-electron chi connectivity index (χ3n) is 5.18. The normalized spacial score (nSPS) is 14.4. The van der Waals surface area contributed by atoms with Gasteiger partial charge in [-0.3, -0.25) is 9.10 Å². The number of rotatable bonds is 4. The molecule has 1 aliphatic rings. The fraction of sp³-hybridized carbons (Fsp3) is 0.286. The number of Topliss-reactive ketones (excluding diaryl/α,β-unsaturated/α-hetero) is 1. The van der Waals surface area contributed by atoms with Crippen LogP contribution < -0.4 is 4.31 Å². The number of para-hydroxylation sites is 1. The van der Waals surface area contributed by atoms with Gasteiger partial charge < -0.3 is 4.98 Å². The maximum atomic E-state index is 13.4. The molecule has 3 aromatic rings. The van der Waals surface area contributed by atoms with Crippen molar-refractivity contribution in [3.63, 3.8) is 0 Å². The van der Waals surface area contributed by atoms with Crippen molar-refractivity contribution < 1.29 is 13.2 Å². The van der Waals surface area contributed by atoms with E-state index in [4.69, 9.17) is 0 Å². The molecule has 2 aromatic carbocycles. The van der Waals surface area contributed by atoms with Crippen molar-refractivity contribution >= 4 is 32.4 Å². The summed E-state index contributed by atoms with van der Waals surface area (Å²) >= 11 is 0. The molecule has 4 rings (SSSR count). The number of nitrogens with zero attached hydrogens (tertiary/aromatic N) is 1. The van der Waals surface area contributed by atoms with Crippen molar-refractivity contribution in [3.8, 4) is 0 Å². The molecular weight excluding hydrogens is 360 g/mol. The predicted molar refractivity (Wildman–Crippen MR) is 107 cm³/mol. The zero-order valence-electron chi connectivity index (χ0n) is 15.5. The molecule has 0 saturated carbocycles. The Kier molecular flexibility index (Phi) is 4.30. The molecular formula is C21H22N2O3S. The van der Waals surface area contributed by atoms with Crippen molar-refractivity contribution in [2.45, 2.75) is 38.0 Å². The number of sulfonamides is 1. The molecule has 1 aliphatic carbocycles. The number of benzene rings is 2. The third kappa shape index (κ3) is 2.84. The van der Waals surface area contributed by atoms with Crippen LogP contribution in [0, 0.1) is 6.92 Å². The summed E-state index contributed by atoms with van der Waals surface area (Å²) in [5.74, 6) is 0.136. The molecule has 1 aromatic heterocycles. The number of hydrogen-bond donors (Lipinski definition) is 1. The maximum Gasteiger partial charge on any atom is 0.264 e. The minimum absolute atomic E-state index is 0.136. The summed E-state index contributed by atoms with van der Waals surface area (Å²) in [6, 6.07) is 12.6. The average molecular weight is 382 g/mol. The second kappa shape index (κ2) is 6.53. The van der Waals surface area contributed by atoms with E-state index >= 15 is 0 Å². The molecule has 140 valence electrons. The highest BCUT2D eigenvalue weighted by atomic mass is 32.2. The molecule has 0 spiro atoms. The second-order valence-corrected chi connectivity index (χ2v) is 8.75. The molecule has 0 fully saturated rings. The SMILES string of the molecule is CCN(c1ccccc1)S(=O)(=O)c1cc2[nH]c3c(c2cc1C)C(=O)CCC3. The van der Waals surface area contributed by atoms with E-state index in [9.17, 15) is 13.2 Å². The van der Waals surface area contributed by atoms with Gasteiger partial charge in [-0.05, 0) is 56.5 Å². The molecule has 0 unspecified atom stereocenters. The van der Waals surface area contributed by atoms with Crippen molar-refractivity contribution in [3.05, 3.63) is 59.3 Å². The highest BCUT2D eigenvalue weighted by molar-refractivity contribution is 7.92. The summed E-state index contributed by atoms with van der Waals surface area (Å²) in [5.41, 5.74) is 3.66. The van der Waals surface area contributed by atoms with Gasteiger partial charge in [0.15, 0.2) is 5.78 Å². The minimum atomic E-state index is -3.71. The number of ketones is 1.